The van der Waals surface area contributed by atoms with Gasteiger partial charge in [-0.2, -0.15) is 0 Å². The van der Waals surface area contributed by atoms with E-state index in [1.54, 1.807) is 11.3 Å². The molecule has 0 bridgehead atoms. The molecular weight excluding hydrogens is 370 g/mol. The summed E-state index contributed by atoms with van der Waals surface area (Å²) < 4.78 is 4.34. The van der Waals surface area contributed by atoms with Gasteiger partial charge in [0, 0.05) is 17.2 Å². The number of nitrogens with zero attached hydrogens (tertiary/aromatic N) is 3. The fourth-order valence-electron chi connectivity index (χ4n) is 2.68. The van der Waals surface area contributed by atoms with E-state index in [9.17, 15) is 0 Å². The van der Waals surface area contributed by atoms with E-state index in [4.69, 9.17) is 4.98 Å². The first-order chi connectivity index (χ1) is 11.1. The minimum atomic E-state index is 0.776. The highest BCUT2D eigenvalue weighted by molar-refractivity contribution is 9.10. The molecule has 0 aliphatic carbocycles. The molecule has 0 N–H and O–H groups in total. The lowest BCUT2D eigenvalue weighted by Gasteiger charge is -2.06. The fourth-order valence-corrected chi connectivity index (χ4v) is 4.00. The number of benzene rings is 1. The number of hydrogen-bond acceptors (Lipinski definition) is 3. The lowest BCUT2D eigenvalue weighted by atomic mass is 10.2. The Morgan fingerprint density at radius 2 is 2.09 bits per heavy atom. The van der Waals surface area contributed by atoms with Gasteiger partial charge in [0.25, 0.3) is 0 Å². The predicted molar refractivity (Wildman–Crippen MR) is 101 cm³/mol. The maximum Gasteiger partial charge on any atom is 0.154 e. The van der Waals surface area contributed by atoms with Gasteiger partial charge < -0.3 is 4.57 Å². The Morgan fingerprint density at radius 3 is 2.83 bits per heavy atom. The van der Waals surface area contributed by atoms with Gasteiger partial charge in [0.1, 0.15) is 10.5 Å². The molecule has 114 valence electrons. The molecule has 0 radical (unpaired) electrons. The number of pyridine rings is 1. The van der Waals surface area contributed by atoms with E-state index in [-0.39, 0.29) is 0 Å². The molecule has 0 unspecified atom stereocenters. The van der Waals surface area contributed by atoms with Crippen molar-refractivity contribution in [2.75, 3.05) is 0 Å². The molecule has 0 aliphatic heterocycles. The SMILES string of the molecule is C=C(C)c1nc2c(s1)c1ncc(Br)cc1n2Cc1ccccc1. The second-order valence-electron chi connectivity index (χ2n) is 5.55. The van der Waals surface area contributed by atoms with Crippen molar-refractivity contribution >= 4 is 54.2 Å². The van der Waals surface area contributed by atoms with E-state index in [2.05, 4.69) is 62.4 Å². The number of halogens is 1. The highest BCUT2D eigenvalue weighted by Crippen LogP contribution is 2.35. The molecule has 4 rings (SSSR count). The Balaban J connectivity index is 2.00. The predicted octanol–water partition coefficient (Wildman–Crippen LogP) is 5.49. The Labute approximate surface area is 146 Å². The van der Waals surface area contributed by atoms with Crippen molar-refractivity contribution in [1.29, 1.82) is 0 Å². The molecular formula is C18H14BrN3S. The van der Waals surface area contributed by atoms with Crippen LogP contribution in [0.25, 0.3) is 27.0 Å². The summed E-state index contributed by atoms with van der Waals surface area (Å²) >= 11 is 5.19. The average Bonchev–Trinajstić information content (AvgIpc) is 3.08. The van der Waals surface area contributed by atoms with Gasteiger partial charge in [-0.25, -0.2) is 4.98 Å². The summed E-state index contributed by atoms with van der Waals surface area (Å²) in [6.45, 7) is 6.79. The van der Waals surface area contributed by atoms with Gasteiger partial charge in [-0.1, -0.05) is 36.9 Å². The van der Waals surface area contributed by atoms with Crippen LogP contribution in [-0.2, 0) is 6.54 Å². The number of aromatic nitrogens is 3. The average molecular weight is 384 g/mol. The van der Waals surface area contributed by atoms with Crippen molar-refractivity contribution < 1.29 is 0 Å². The first-order valence-corrected chi connectivity index (χ1v) is 8.88. The molecule has 0 saturated heterocycles. The maximum absolute atomic E-state index is 4.80. The molecule has 0 aliphatic rings. The van der Waals surface area contributed by atoms with Gasteiger partial charge in [-0.3, -0.25) is 4.98 Å². The van der Waals surface area contributed by atoms with Crippen LogP contribution >= 0.6 is 27.3 Å². The van der Waals surface area contributed by atoms with Gasteiger partial charge in [-0.15, -0.1) is 11.3 Å². The third-order valence-corrected chi connectivity index (χ3v) is 5.40. The third kappa shape index (κ3) is 2.50. The molecule has 0 amide bonds. The Morgan fingerprint density at radius 1 is 1.30 bits per heavy atom. The van der Waals surface area contributed by atoms with Gasteiger partial charge in [0.15, 0.2) is 5.65 Å². The van der Waals surface area contributed by atoms with Gasteiger partial charge in [-0.05, 0) is 40.1 Å². The van der Waals surface area contributed by atoms with Crippen molar-refractivity contribution in [1.82, 2.24) is 14.5 Å². The maximum atomic E-state index is 4.80. The van der Waals surface area contributed by atoms with Crippen LogP contribution in [0.2, 0.25) is 0 Å². The summed E-state index contributed by atoms with van der Waals surface area (Å²) in [6.07, 6.45) is 1.84. The summed E-state index contributed by atoms with van der Waals surface area (Å²) in [6, 6.07) is 12.5. The van der Waals surface area contributed by atoms with E-state index < -0.39 is 0 Å². The number of thiazole rings is 1. The van der Waals surface area contributed by atoms with Crippen molar-refractivity contribution in [3.63, 3.8) is 0 Å². The van der Waals surface area contributed by atoms with E-state index in [0.717, 1.165) is 43.0 Å². The van der Waals surface area contributed by atoms with Crippen molar-refractivity contribution in [2.45, 2.75) is 13.5 Å². The zero-order valence-electron chi connectivity index (χ0n) is 12.6. The van der Waals surface area contributed by atoms with Crippen LogP contribution < -0.4 is 0 Å². The van der Waals surface area contributed by atoms with Crippen LogP contribution in [0.3, 0.4) is 0 Å². The van der Waals surface area contributed by atoms with Crippen molar-refractivity contribution in [2.24, 2.45) is 0 Å². The number of rotatable bonds is 3. The quantitative estimate of drug-likeness (QED) is 0.468. The molecule has 0 atom stereocenters. The summed E-state index contributed by atoms with van der Waals surface area (Å²) in [4.78, 5) is 9.42. The highest BCUT2D eigenvalue weighted by atomic mass is 79.9. The lowest BCUT2D eigenvalue weighted by Crippen LogP contribution is -2.00. The van der Waals surface area contributed by atoms with Crippen molar-refractivity contribution in [3.05, 3.63) is 64.2 Å². The summed E-state index contributed by atoms with van der Waals surface area (Å²) in [7, 11) is 0. The van der Waals surface area contributed by atoms with Crippen LogP contribution in [0.5, 0.6) is 0 Å². The summed E-state index contributed by atoms with van der Waals surface area (Å²) in [5, 5.41) is 0.975. The smallest absolute Gasteiger partial charge is 0.154 e. The van der Waals surface area contributed by atoms with Gasteiger partial charge >= 0.3 is 0 Å². The number of hydrogen-bond donors (Lipinski definition) is 0. The van der Waals surface area contributed by atoms with Crippen molar-refractivity contribution in [3.8, 4) is 0 Å². The number of allylic oxidation sites excluding steroid dienone is 1. The van der Waals surface area contributed by atoms with E-state index >= 15 is 0 Å². The van der Waals surface area contributed by atoms with E-state index in [1.807, 2.05) is 19.2 Å². The zero-order valence-corrected chi connectivity index (χ0v) is 15.0. The molecule has 0 fully saturated rings. The molecule has 4 aromatic rings. The molecule has 0 spiro atoms. The fraction of sp³-hybridized carbons (Fsp3) is 0.111. The monoisotopic (exact) mass is 383 g/mol. The second kappa shape index (κ2) is 5.58. The van der Waals surface area contributed by atoms with E-state index in [1.165, 1.54) is 5.56 Å². The van der Waals surface area contributed by atoms with E-state index in [0.29, 0.717) is 0 Å². The van der Waals surface area contributed by atoms with Gasteiger partial charge in [0.05, 0.1) is 10.2 Å². The first-order valence-electron chi connectivity index (χ1n) is 7.27. The minimum Gasteiger partial charge on any atom is -0.319 e. The standard InChI is InChI=1S/C18H14BrN3S/c1-11(2)18-21-17-16(23-18)15-14(8-13(19)9-20-15)22(17)10-12-6-4-3-5-7-12/h3-9H,1,10H2,2H3. The summed E-state index contributed by atoms with van der Waals surface area (Å²) in [5.41, 5.74) is 5.32. The molecule has 0 saturated carbocycles. The Bertz CT molecular complexity index is 1030. The van der Waals surface area contributed by atoms with Crippen LogP contribution in [0.4, 0.5) is 0 Å². The number of fused-ring (bicyclic) bond motifs is 3. The van der Waals surface area contributed by atoms with Crippen LogP contribution in [0.15, 0.2) is 53.6 Å². The molecule has 3 heterocycles. The Hall–Kier alpha value is -1.98. The largest absolute Gasteiger partial charge is 0.319 e. The third-order valence-electron chi connectivity index (χ3n) is 3.75. The second-order valence-corrected chi connectivity index (χ2v) is 7.46. The minimum absolute atomic E-state index is 0.776. The van der Waals surface area contributed by atoms with Crippen LogP contribution in [-0.4, -0.2) is 14.5 Å². The topological polar surface area (TPSA) is 30.7 Å². The molecule has 3 aromatic heterocycles. The lowest BCUT2D eigenvalue weighted by molar-refractivity contribution is 0.856. The van der Waals surface area contributed by atoms with Crippen LogP contribution in [0, 0.1) is 0 Å². The van der Waals surface area contributed by atoms with Crippen LogP contribution in [0.1, 0.15) is 17.5 Å². The molecule has 3 nitrogen and oxygen atoms in total. The first kappa shape index (κ1) is 14.6. The Kier molecular flexibility index (Phi) is 3.54. The molecule has 23 heavy (non-hydrogen) atoms. The van der Waals surface area contributed by atoms with Gasteiger partial charge in [0.2, 0.25) is 0 Å². The summed E-state index contributed by atoms with van der Waals surface area (Å²) in [5.74, 6) is 0. The molecule has 1 aromatic carbocycles. The normalized spacial score (nSPS) is 11.4. The highest BCUT2D eigenvalue weighted by Gasteiger charge is 2.17. The zero-order chi connectivity index (χ0) is 16.0. The molecule has 5 heteroatoms.